The molecule has 0 unspecified atom stereocenters. The molecule has 0 spiro atoms. The van der Waals surface area contributed by atoms with Gasteiger partial charge in [0.05, 0.1) is 6.42 Å². The fourth-order valence-electron chi connectivity index (χ4n) is 1.06. The van der Waals surface area contributed by atoms with E-state index >= 15 is 0 Å². The Kier molecular flexibility index (Phi) is 3.46. The van der Waals surface area contributed by atoms with Crippen molar-refractivity contribution in [3.8, 4) is 0 Å². The van der Waals surface area contributed by atoms with E-state index in [1.54, 1.807) is 0 Å². The third-order valence-corrected chi connectivity index (χ3v) is 1.87. The van der Waals surface area contributed by atoms with Crippen molar-refractivity contribution >= 4 is 5.97 Å². The van der Waals surface area contributed by atoms with E-state index in [-0.39, 0.29) is 5.97 Å². The van der Waals surface area contributed by atoms with Crippen LogP contribution in [0.25, 0.3) is 0 Å². The average Bonchev–Trinajstić information content (AvgIpc) is 2.16. The third-order valence-electron chi connectivity index (χ3n) is 1.87. The SMILES string of the molecule is Cc1ccc(CCC(=O)ON)cc1. The van der Waals surface area contributed by atoms with E-state index in [1.807, 2.05) is 31.2 Å². The van der Waals surface area contributed by atoms with Crippen molar-refractivity contribution in [1.29, 1.82) is 0 Å². The van der Waals surface area contributed by atoms with E-state index in [1.165, 1.54) is 5.56 Å². The van der Waals surface area contributed by atoms with Crippen LogP contribution >= 0.6 is 0 Å². The minimum absolute atomic E-state index is 0.333. The van der Waals surface area contributed by atoms with Gasteiger partial charge in [-0.05, 0) is 18.9 Å². The maximum atomic E-state index is 10.7. The standard InChI is InChI=1S/C10H13NO2/c1-8-2-4-9(5-3-8)6-7-10(12)13-11/h2-5H,6-7,11H2,1H3. The lowest BCUT2D eigenvalue weighted by atomic mass is 10.1. The highest BCUT2D eigenvalue weighted by Gasteiger charge is 2.00. The lowest BCUT2D eigenvalue weighted by Gasteiger charge is -2.00. The third kappa shape index (κ3) is 3.25. The number of nitrogens with two attached hydrogens (primary N) is 1. The van der Waals surface area contributed by atoms with Gasteiger partial charge in [0, 0.05) is 0 Å². The maximum Gasteiger partial charge on any atom is 0.324 e. The van der Waals surface area contributed by atoms with Crippen LogP contribution < -0.4 is 5.90 Å². The van der Waals surface area contributed by atoms with Gasteiger partial charge in [-0.15, -0.1) is 0 Å². The van der Waals surface area contributed by atoms with Gasteiger partial charge in [0.2, 0.25) is 0 Å². The lowest BCUT2D eigenvalue weighted by molar-refractivity contribution is -0.144. The molecule has 0 bridgehead atoms. The monoisotopic (exact) mass is 179 g/mol. The van der Waals surface area contributed by atoms with Crippen LogP contribution in [0, 0.1) is 6.92 Å². The molecule has 0 radical (unpaired) electrons. The van der Waals surface area contributed by atoms with Crippen molar-refractivity contribution in [3.63, 3.8) is 0 Å². The summed E-state index contributed by atoms with van der Waals surface area (Å²) in [5, 5.41) is 0. The van der Waals surface area contributed by atoms with Crippen LogP contribution in [0.4, 0.5) is 0 Å². The number of hydrogen-bond acceptors (Lipinski definition) is 3. The average molecular weight is 179 g/mol. The summed E-state index contributed by atoms with van der Waals surface area (Å²) in [5.41, 5.74) is 2.33. The van der Waals surface area contributed by atoms with Crippen molar-refractivity contribution in [2.45, 2.75) is 19.8 Å². The lowest BCUT2D eigenvalue weighted by Crippen LogP contribution is -2.10. The van der Waals surface area contributed by atoms with Gasteiger partial charge in [-0.25, -0.2) is 0 Å². The Bertz CT molecular complexity index is 279. The molecule has 0 aliphatic rings. The summed E-state index contributed by atoms with van der Waals surface area (Å²) >= 11 is 0. The Balaban J connectivity index is 2.46. The molecule has 0 saturated heterocycles. The molecule has 0 saturated carbocycles. The highest BCUT2D eigenvalue weighted by atomic mass is 16.7. The molecule has 1 aromatic carbocycles. The first-order valence-corrected chi connectivity index (χ1v) is 4.17. The van der Waals surface area contributed by atoms with E-state index in [0.717, 1.165) is 5.56 Å². The van der Waals surface area contributed by atoms with Crippen LogP contribution in [0.3, 0.4) is 0 Å². The van der Waals surface area contributed by atoms with Gasteiger partial charge in [-0.1, -0.05) is 29.8 Å². The topological polar surface area (TPSA) is 52.3 Å². The predicted molar refractivity (Wildman–Crippen MR) is 49.8 cm³/mol. The molecule has 0 fully saturated rings. The Morgan fingerprint density at radius 2 is 2.00 bits per heavy atom. The van der Waals surface area contributed by atoms with Gasteiger partial charge in [0.15, 0.2) is 0 Å². The van der Waals surface area contributed by atoms with Gasteiger partial charge < -0.3 is 4.84 Å². The molecule has 3 heteroatoms. The molecule has 2 N–H and O–H groups in total. The van der Waals surface area contributed by atoms with E-state index in [4.69, 9.17) is 5.90 Å². The predicted octanol–water partition coefficient (Wildman–Crippen LogP) is 1.34. The largest absolute Gasteiger partial charge is 0.373 e. The molecule has 0 aliphatic heterocycles. The van der Waals surface area contributed by atoms with Crippen molar-refractivity contribution in [3.05, 3.63) is 35.4 Å². The molecule has 0 atom stereocenters. The summed E-state index contributed by atoms with van der Waals surface area (Å²) in [4.78, 5) is 14.8. The molecule has 0 aromatic heterocycles. The van der Waals surface area contributed by atoms with Crippen LogP contribution in [-0.4, -0.2) is 5.97 Å². The molecule has 1 rings (SSSR count). The number of aryl methyl sites for hydroxylation is 2. The second-order valence-electron chi connectivity index (χ2n) is 2.98. The quantitative estimate of drug-likeness (QED) is 0.712. The van der Waals surface area contributed by atoms with Gasteiger partial charge in [-0.2, -0.15) is 5.90 Å². The maximum absolute atomic E-state index is 10.7. The highest BCUT2D eigenvalue weighted by Crippen LogP contribution is 2.05. The summed E-state index contributed by atoms with van der Waals surface area (Å²) in [7, 11) is 0. The van der Waals surface area contributed by atoms with Crippen LogP contribution in [0.1, 0.15) is 17.5 Å². The number of carbonyl (C=O) groups excluding carboxylic acids is 1. The zero-order valence-electron chi connectivity index (χ0n) is 7.62. The smallest absolute Gasteiger partial charge is 0.324 e. The molecule has 13 heavy (non-hydrogen) atoms. The van der Waals surface area contributed by atoms with Crippen LogP contribution in [0.15, 0.2) is 24.3 Å². The molecule has 0 aliphatic carbocycles. The van der Waals surface area contributed by atoms with Crippen LogP contribution in [-0.2, 0) is 16.1 Å². The van der Waals surface area contributed by atoms with E-state index < -0.39 is 0 Å². The summed E-state index contributed by atoms with van der Waals surface area (Å²) < 4.78 is 0. The molecule has 0 heterocycles. The van der Waals surface area contributed by atoms with Crippen molar-refractivity contribution in [2.75, 3.05) is 0 Å². The zero-order chi connectivity index (χ0) is 9.68. The van der Waals surface area contributed by atoms with Gasteiger partial charge in [-0.3, -0.25) is 4.79 Å². The highest BCUT2D eigenvalue weighted by molar-refractivity contribution is 5.69. The van der Waals surface area contributed by atoms with E-state index in [9.17, 15) is 4.79 Å². The first-order chi connectivity index (χ1) is 6.22. The second kappa shape index (κ2) is 4.62. The number of rotatable bonds is 3. The summed E-state index contributed by atoms with van der Waals surface area (Å²) in [6.45, 7) is 2.03. The molecular formula is C10H13NO2. The van der Waals surface area contributed by atoms with Crippen LogP contribution in [0.2, 0.25) is 0 Å². The molecule has 3 nitrogen and oxygen atoms in total. The summed E-state index contributed by atoms with van der Waals surface area (Å²) in [6.07, 6.45) is 1.01. The number of benzene rings is 1. The van der Waals surface area contributed by atoms with E-state index in [0.29, 0.717) is 12.8 Å². The zero-order valence-corrected chi connectivity index (χ0v) is 7.62. The molecule has 70 valence electrons. The fraction of sp³-hybridized carbons (Fsp3) is 0.300. The van der Waals surface area contributed by atoms with Crippen molar-refractivity contribution in [1.82, 2.24) is 0 Å². The van der Waals surface area contributed by atoms with Gasteiger partial charge in [0.1, 0.15) is 0 Å². The number of hydrogen-bond donors (Lipinski definition) is 1. The first kappa shape index (κ1) is 9.74. The van der Waals surface area contributed by atoms with Gasteiger partial charge >= 0.3 is 5.97 Å². The number of carbonyl (C=O) groups is 1. The Morgan fingerprint density at radius 1 is 1.38 bits per heavy atom. The fourth-order valence-corrected chi connectivity index (χ4v) is 1.06. The normalized spacial score (nSPS) is 9.69. The minimum Gasteiger partial charge on any atom is -0.373 e. The first-order valence-electron chi connectivity index (χ1n) is 4.17. The van der Waals surface area contributed by atoms with Crippen molar-refractivity contribution in [2.24, 2.45) is 5.90 Å². The van der Waals surface area contributed by atoms with Crippen LogP contribution in [0.5, 0.6) is 0 Å². The second-order valence-corrected chi connectivity index (χ2v) is 2.98. The summed E-state index contributed by atoms with van der Waals surface area (Å²) in [5.74, 6) is 4.34. The van der Waals surface area contributed by atoms with Gasteiger partial charge in [0.25, 0.3) is 0 Å². The Morgan fingerprint density at radius 3 is 2.54 bits per heavy atom. The molecule has 1 aromatic rings. The summed E-state index contributed by atoms with van der Waals surface area (Å²) in [6, 6.07) is 8.03. The van der Waals surface area contributed by atoms with E-state index in [2.05, 4.69) is 4.84 Å². The minimum atomic E-state index is -0.374. The Hall–Kier alpha value is -1.35. The Labute approximate surface area is 77.5 Å². The molecular weight excluding hydrogens is 166 g/mol. The van der Waals surface area contributed by atoms with Crippen molar-refractivity contribution < 1.29 is 9.63 Å². The molecule has 0 amide bonds.